The summed E-state index contributed by atoms with van der Waals surface area (Å²) in [6.45, 7) is 0. The third kappa shape index (κ3) is 3.57. The molecule has 0 saturated carbocycles. The smallest absolute Gasteiger partial charge is 0.355 e. The predicted octanol–water partition coefficient (Wildman–Crippen LogP) is 4.77. The van der Waals surface area contributed by atoms with E-state index in [4.69, 9.17) is 4.52 Å². The first-order valence-electron chi connectivity index (χ1n) is 8.22. The maximum absolute atomic E-state index is 12.8. The number of aromatic amines is 1. The Bertz CT molecular complexity index is 1220. The summed E-state index contributed by atoms with van der Waals surface area (Å²) in [4.78, 5) is 16.6. The van der Waals surface area contributed by atoms with Gasteiger partial charge >= 0.3 is 11.9 Å². The van der Waals surface area contributed by atoms with Crippen LogP contribution >= 0.6 is 0 Å². The first-order valence-corrected chi connectivity index (χ1v) is 8.22. The van der Waals surface area contributed by atoms with E-state index in [9.17, 15) is 18.0 Å². The van der Waals surface area contributed by atoms with Gasteiger partial charge in [-0.05, 0) is 29.8 Å². The lowest BCUT2D eigenvalue weighted by Gasteiger charge is -2.05. The van der Waals surface area contributed by atoms with Crippen molar-refractivity contribution in [2.45, 2.75) is 6.18 Å². The molecule has 0 radical (unpaired) electrons. The van der Waals surface area contributed by atoms with E-state index in [0.29, 0.717) is 16.8 Å². The van der Waals surface area contributed by atoms with Crippen LogP contribution in [0.4, 0.5) is 13.2 Å². The van der Waals surface area contributed by atoms with Gasteiger partial charge in [0.2, 0.25) is 0 Å². The molecule has 0 aliphatic rings. The van der Waals surface area contributed by atoms with E-state index in [1.807, 2.05) is 36.4 Å². The minimum Gasteiger partial charge on any atom is -0.355 e. The fourth-order valence-electron chi connectivity index (χ4n) is 2.76. The van der Waals surface area contributed by atoms with Crippen molar-refractivity contribution in [2.75, 3.05) is 0 Å². The van der Waals surface area contributed by atoms with Crippen LogP contribution in [-0.2, 0) is 6.18 Å². The van der Waals surface area contributed by atoms with Gasteiger partial charge in [-0.2, -0.15) is 18.2 Å². The minimum atomic E-state index is -4.66. The summed E-state index contributed by atoms with van der Waals surface area (Å²) in [6.07, 6.45) is -1.73. The van der Waals surface area contributed by atoms with E-state index >= 15 is 0 Å². The fourth-order valence-corrected chi connectivity index (χ4v) is 2.76. The van der Waals surface area contributed by atoms with Gasteiger partial charge < -0.3 is 9.51 Å². The zero-order chi connectivity index (χ0) is 19.7. The third-order valence-electron chi connectivity index (χ3n) is 4.05. The van der Waals surface area contributed by atoms with Crippen LogP contribution in [0.15, 0.2) is 63.9 Å². The lowest BCUT2D eigenvalue weighted by molar-refractivity contribution is -0.141. The van der Waals surface area contributed by atoms with Crippen LogP contribution in [0.2, 0.25) is 0 Å². The van der Waals surface area contributed by atoms with Gasteiger partial charge in [-0.3, -0.25) is 0 Å². The number of nitrogens with one attached hydrogen (secondary N) is 1. The first kappa shape index (κ1) is 17.7. The molecular weight excluding hydrogens is 371 g/mol. The van der Waals surface area contributed by atoms with Crippen molar-refractivity contribution in [3.8, 4) is 11.3 Å². The molecule has 0 fully saturated rings. The number of benzene rings is 2. The summed E-state index contributed by atoms with van der Waals surface area (Å²) in [5, 5.41) is 4.79. The Labute approximate surface area is 156 Å². The van der Waals surface area contributed by atoms with Crippen LogP contribution in [-0.4, -0.2) is 15.1 Å². The highest BCUT2D eigenvalue weighted by molar-refractivity contribution is 5.93. The standard InChI is InChI=1S/C20H12F3N3O2/c21-20(22,23)17-11-14(24-19(27)25-17)8-6-12-7-9-16-15(10-12)18(28-26-16)13-4-2-1-3-5-13/h1-11H,(H,24,25,27)/b8-6+. The van der Waals surface area contributed by atoms with Crippen molar-refractivity contribution in [1.29, 1.82) is 0 Å². The van der Waals surface area contributed by atoms with Crippen molar-refractivity contribution in [3.05, 3.63) is 82.0 Å². The number of hydrogen-bond donors (Lipinski definition) is 1. The van der Waals surface area contributed by atoms with Crippen molar-refractivity contribution in [3.63, 3.8) is 0 Å². The molecule has 0 spiro atoms. The molecule has 4 aromatic rings. The molecule has 0 bridgehead atoms. The van der Waals surface area contributed by atoms with E-state index in [0.717, 1.165) is 17.0 Å². The van der Waals surface area contributed by atoms with E-state index in [1.54, 1.807) is 23.2 Å². The summed E-state index contributed by atoms with van der Waals surface area (Å²) in [7, 11) is 0. The number of hydrogen-bond acceptors (Lipinski definition) is 4. The highest BCUT2D eigenvalue weighted by Crippen LogP contribution is 2.30. The monoisotopic (exact) mass is 383 g/mol. The number of rotatable bonds is 3. The maximum atomic E-state index is 12.8. The van der Waals surface area contributed by atoms with E-state index in [2.05, 4.69) is 10.1 Å². The second-order valence-corrected chi connectivity index (χ2v) is 6.01. The molecule has 0 aliphatic heterocycles. The summed E-state index contributed by atoms with van der Waals surface area (Å²) < 4.78 is 43.9. The molecule has 140 valence electrons. The summed E-state index contributed by atoms with van der Waals surface area (Å²) >= 11 is 0. The van der Waals surface area contributed by atoms with Crippen LogP contribution in [0.3, 0.4) is 0 Å². The van der Waals surface area contributed by atoms with Gasteiger partial charge in [0.05, 0.1) is 11.1 Å². The number of H-pyrrole nitrogens is 1. The Morgan fingerprint density at radius 3 is 2.54 bits per heavy atom. The molecule has 2 aromatic carbocycles. The molecule has 5 nitrogen and oxygen atoms in total. The van der Waals surface area contributed by atoms with Crippen LogP contribution in [0, 0.1) is 0 Å². The Morgan fingerprint density at radius 1 is 1.00 bits per heavy atom. The lowest BCUT2D eigenvalue weighted by Crippen LogP contribution is -2.19. The largest absolute Gasteiger partial charge is 0.431 e. The van der Waals surface area contributed by atoms with Crippen molar-refractivity contribution in [1.82, 2.24) is 15.1 Å². The van der Waals surface area contributed by atoms with Gasteiger partial charge in [-0.15, -0.1) is 0 Å². The molecule has 0 atom stereocenters. The summed E-state index contributed by atoms with van der Waals surface area (Å²) in [6, 6.07) is 15.5. The second-order valence-electron chi connectivity index (χ2n) is 6.01. The minimum absolute atomic E-state index is 0.0928. The van der Waals surface area contributed by atoms with E-state index in [-0.39, 0.29) is 5.69 Å². The third-order valence-corrected chi connectivity index (χ3v) is 4.05. The van der Waals surface area contributed by atoms with Crippen LogP contribution in [0.25, 0.3) is 34.4 Å². The topological polar surface area (TPSA) is 71.8 Å². The average molecular weight is 383 g/mol. The van der Waals surface area contributed by atoms with Crippen molar-refractivity contribution < 1.29 is 17.7 Å². The normalized spacial score (nSPS) is 12.1. The van der Waals surface area contributed by atoms with Crippen molar-refractivity contribution in [2.24, 2.45) is 0 Å². The molecule has 0 amide bonds. The van der Waals surface area contributed by atoms with Crippen molar-refractivity contribution >= 4 is 23.1 Å². The van der Waals surface area contributed by atoms with Gasteiger partial charge in [-0.25, -0.2) is 4.79 Å². The molecule has 2 aromatic heterocycles. The van der Waals surface area contributed by atoms with Gasteiger partial charge in [-0.1, -0.05) is 47.6 Å². The maximum Gasteiger partial charge on any atom is 0.431 e. The predicted molar refractivity (Wildman–Crippen MR) is 98.2 cm³/mol. The number of fused-ring (bicyclic) bond motifs is 1. The molecule has 0 aliphatic carbocycles. The molecule has 4 rings (SSSR count). The molecule has 0 saturated heterocycles. The van der Waals surface area contributed by atoms with E-state index < -0.39 is 17.6 Å². The average Bonchev–Trinajstić information content (AvgIpc) is 3.09. The molecule has 2 heterocycles. The number of aromatic nitrogens is 3. The first-order chi connectivity index (χ1) is 13.4. The second kappa shape index (κ2) is 6.80. The fraction of sp³-hybridized carbons (Fsp3) is 0.0500. The number of nitrogens with zero attached hydrogens (tertiary/aromatic N) is 2. The van der Waals surface area contributed by atoms with Gasteiger partial charge in [0.15, 0.2) is 5.76 Å². The Kier molecular flexibility index (Phi) is 4.31. The van der Waals surface area contributed by atoms with Crippen LogP contribution in [0.1, 0.15) is 17.0 Å². The highest BCUT2D eigenvalue weighted by atomic mass is 19.4. The SMILES string of the molecule is O=c1nc(/C=C/c2ccc3noc(-c4ccccc4)c3c2)cc(C(F)(F)F)[nH]1. The summed E-state index contributed by atoms with van der Waals surface area (Å²) in [5.41, 5.74) is -0.0847. The zero-order valence-electron chi connectivity index (χ0n) is 14.2. The van der Waals surface area contributed by atoms with Crippen LogP contribution in [0.5, 0.6) is 0 Å². The zero-order valence-corrected chi connectivity index (χ0v) is 14.2. The Balaban J connectivity index is 1.71. The number of alkyl halides is 3. The van der Waals surface area contributed by atoms with Gasteiger partial charge in [0, 0.05) is 5.56 Å². The number of halogens is 3. The lowest BCUT2D eigenvalue weighted by atomic mass is 10.1. The quantitative estimate of drug-likeness (QED) is 0.553. The van der Waals surface area contributed by atoms with Gasteiger partial charge in [0.1, 0.15) is 11.2 Å². The Morgan fingerprint density at radius 2 is 1.79 bits per heavy atom. The molecule has 8 heteroatoms. The molecule has 0 unspecified atom stereocenters. The van der Waals surface area contributed by atoms with E-state index in [1.165, 1.54) is 6.08 Å². The van der Waals surface area contributed by atoms with Gasteiger partial charge in [0.25, 0.3) is 0 Å². The highest BCUT2D eigenvalue weighted by Gasteiger charge is 2.32. The summed E-state index contributed by atoms with van der Waals surface area (Å²) in [5.74, 6) is 0.597. The Hall–Kier alpha value is -3.68. The van der Waals surface area contributed by atoms with Crippen LogP contribution < -0.4 is 5.69 Å². The molecular formula is C20H12F3N3O2. The molecule has 28 heavy (non-hydrogen) atoms. The molecule has 1 N–H and O–H groups in total.